The van der Waals surface area contributed by atoms with Gasteiger partial charge in [0.1, 0.15) is 6.54 Å². The Balaban J connectivity index is 2.66. The second kappa shape index (κ2) is 8.61. The third kappa shape index (κ3) is 5.71. The van der Waals surface area contributed by atoms with E-state index in [0.29, 0.717) is 5.92 Å². The van der Waals surface area contributed by atoms with Crippen molar-refractivity contribution >= 4 is 23.2 Å². The molecule has 7 heteroatoms. The average Bonchev–Trinajstić information content (AvgIpc) is 2.96. The molecule has 0 bridgehead atoms. The molecule has 1 N–H and O–H groups in total. The Kier molecular flexibility index (Phi) is 7.14. The molecule has 0 fully saturated rings. The van der Waals surface area contributed by atoms with Crippen molar-refractivity contribution in [3.05, 3.63) is 16.6 Å². The first-order valence-corrected chi connectivity index (χ1v) is 7.92. The molecule has 0 radical (unpaired) electrons. The lowest BCUT2D eigenvalue weighted by atomic mass is 10.2. The number of amides is 1. The zero-order valence-corrected chi connectivity index (χ0v) is 14.3. The number of rotatable bonds is 6. The molecule has 1 amide bonds. The molecule has 0 aliphatic heterocycles. The van der Waals surface area contributed by atoms with Gasteiger partial charge in [-0.1, -0.05) is 6.92 Å². The number of likely N-dealkylation sites (N-methyl/N-ethyl adjacent to an activating group) is 2. The van der Waals surface area contributed by atoms with E-state index in [2.05, 4.69) is 22.2 Å². The van der Waals surface area contributed by atoms with Gasteiger partial charge < -0.3 is 15.1 Å². The van der Waals surface area contributed by atoms with Crippen LogP contribution < -0.4 is 5.32 Å². The van der Waals surface area contributed by atoms with Gasteiger partial charge in [0.15, 0.2) is 5.96 Å². The van der Waals surface area contributed by atoms with Crippen molar-refractivity contribution in [2.75, 3.05) is 40.8 Å². The molecular formula is C14H25N5OS. The zero-order valence-electron chi connectivity index (χ0n) is 13.5. The van der Waals surface area contributed by atoms with E-state index in [1.807, 2.05) is 30.4 Å². The number of carbonyl (C=O) groups is 1. The van der Waals surface area contributed by atoms with Gasteiger partial charge in [-0.15, -0.1) is 11.3 Å². The second-order valence-corrected chi connectivity index (χ2v) is 6.04. The Morgan fingerprint density at radius 2 is 2.19 bits per heavy atom. The van der Waals surface area contributed by atoms with Gasteiger partial charge in [-0.05, 0) is 6.92 Å². The third-order valence-corrected chi connectivity index (χ3v) is 3.99. The highest BCUT2D eigenvalue weighted by Gasteiger charge is 2.14. The standard InChI is InChI=1S/C14H25N5OS/c1-6-15-14(17-9-12(20)18(3)4)19(5)10-11(2)13-16-7-8-21-13/h7-8,11H,6,9-10H2,1-5H3,(H,15,17). The minimum atomic E-state index is -0.00762. The zero-order chi connectivity index (χ0) is 15.8. The van der Waals surface area contributed by atoms with Gasteiger partial charge in [0.05, 0.1) is 5.01 Å². The summed E-state index contributed by atoms with van der Waals surface area (Å²) in [4.78, 5) is 24.0. The summed E-state index contributed by atoms with van der Waals surface area (Å²) >= 11 is 1.66. The van der Waals surface area contributed by atoms with E-state index >= 15 is 0 Å². The molecule has 0 aliphatic carbocycles. The van der Waals surface area contributed by atoms with Crippen molar-refractivity contribution in [3.63, 3.8) is 0 Å². The second-order valence-electron chi connectivity index (χ2n) is 5.11. The summed E-state index contributed by atoms with van der Waals surface area (Å²) in [5, 5.41) is 6.32. The summed E-state index contributed by atoms with van der Waals surface area (Å²) < 4.78 is 0. The van der Waals surface area contributed by atoms with Crippen LogP contribution in [-0.2, 0) is 4.79 Å². The van der Waals surface area contributed by atoms with Crippen molar-refractivity contribution in [1.82, 2.24) is 20.1 Å². The average molecular weight is 311 g/mol. The number of hydrogen-bond donors (Lipinski definition) is 1. The lowest BCUT2D eigenvalue weighted by Crippen LogP contribution is -2.41. The van der Waals surface area contributed by atoms with Crippen LogP contribution in [0.1, 0.15) is 24.8 Å². The highest BCUT2D eigenvalue weighted by Crippen LogP contribution is 2.18. The third-order valence-electron chi connectivity index (χ3n) is 2.98. The molecule has 0 saturated heterocycles. The molecule has 1 atom stereocenters. The van der Waals surface area contributed by atoms with E-state index in [1.165, 1.54) is 0 Å². The van der Waals surface area contributed by atoms with E-state index in [4.69, 9.17) is 0 Å². The van der Waals surface area contributed by atoms with E-state index in [1.54, 1.807) is 30.3 Å². The van der Waals surface area contributed by atoms with Crippen molar-refractivity contribution in [2.24, 2.45) is 4.99 Å². The fourth-order valence-electron chi connectivity index (χ4n) is 1.81. The van der Waals surface area contributed by atoms with Gasteiger partial charge in [-0.2, -0.15) is 0 Å². The summed E-state index contributed by atoms with van der Waals surface area (Å²) in [6.45, 7) is 5.89. The lowest BCUT2D eigenvalue weighted by Gasteiger charge is -2.24. The molecule has 1 aromatic heterocycles. The summed E-state index contributed by atoms with van der Waals surface area (Å²) in [5.74, 6) is 1.06. The maximum Gasteiger partial charge on any atom is 0.243 e. The molecular weight excluding hydrogens is 286 g/mol. The Morgan fingerprint density at radius 1 is 1.48 bits per heavy atom. The maximum absolute atomic E-state index is 11.6. The number of thiazole rings is 1. The first-order chi connectivity index (χ1) is 9.95. The van der Waals surface area contributed by atoms with Crippen molar-refractivity contribution in [1.29, 1.82) is 0 Å². The van der Waals surface area contributed by atoms with E-state index in [-0.39, 0.29) is 12.5 Å². The first-order valence-electron chi connectivity index (χ1n) is 7.04. The number of guanidine groups is 1. The van der Waals surface area contributed by atoms with Crippen LogP contribution >= 0.6 is 11.3 Å². The van der Waals surface area contributed by atoms with Gasteiger partial charge in [0.2, 0.25) is 5.91 Å². The van der Waals surface area contributed by atoms with E-state index in [9.17, 15) is 4.79 Å². The molecule has 1 unspecified atom stereocenters. The fourth-order valence-corrected chi connectivity index (χ4v) is 2.50. The smallest absolute Gasteiger partial charge is 0.243 e. The Morgan fingerprint density at radius 3 is 2.71 bits per heavy atom. The molecule has 1 heterocycles. The summed E-state index contributed by atoms with van der Waals surface area (Å²) in [6.07, 6.45) is 1.82. The van der Waals surface area contributed by atoms with Crippen molar-refractivity contribution in [3.8, 4) is 0 Å². The Bertz CT molecular complexity index is 458. The van der Waals surface area contributed by atoms with E-state index in [0.717, 1.165) is 24.1 Å². The van der Waals surface area contributed by atoms with Crippen LogP contribution in [0.25, 0.3) is 0 Å². The fraction of sp³-hybridized carbons (Fsp3) is 0.643. The van der Waals surface area contributed by atoms with Crippen LogP contribution in [0.2, 0.25) is 0 Å². The molecule has 1 aromatic rings. The number of carbonyl (C=O) groups excluding carboxylic acids is 1. The van der Waals surface area contributed by atoms with Crippen molar-refractivity contribution in [2.45, 2.75) is 19.8 Å². The first kappa shape index (κ1) is 17.4. The van der Waals surface area contributed by atoms with Gasteiger partial charge in [0, 0.05) is 51.7 Å². The molecule has 0 aromatic carbocycles. The van der Waals surface area contributed by atoms with Gasteiger partial charge in [-0.25, -0.2) is 9.98 Å². The molecule has 0 aliphatic rings. The van der Waals surface area contributed by atoms with Gasteiger partial charge in [-0.3, -0.25) is 4.79 Å². The topological polar surface area (TPSA) is 60.8 Å². The van der Waals surface area contributed by atoms with E-state index < -0.39 is 0 Å². The van der Waals surface area contributed by atoms with Crippen LogP contribution in [-0.4, -0.2) is 67.4 Å². The lowest BCUT2D eigenvalue weighted by molar-refractivity contribution is -0.127. The molecule has 1 rings (SSSR count). The van der Waals surface area contributed by atoms with Gasteiger partial charge in [0.25, 0.3) is 0 Å². The maximum atomic E-state index is 11.6. The molecule has 0 saturated carbocycles. The monoisotopic (exact) mass is 311 g/mol. The normalized spacial score (nSPS) is 12.9. The quantitative estimate of drug-likeness (QED) is 0.634. The largest absolute Gasteiger partial charge is 0.357 e. The number of aromatic nitrogens is 1. The molecule has 0 spiro atoms. The van der Waals surface area contributed by atoms with Gasteiger partial charge >= 0.3 is 0 Å². The Hall–Kier alpha value is -1.63. The molecule has 6 nitrogen and oxygen atoms in total. The van der Waals surface area contributed by atoms with Crippen LogP contribution in [0.15, 0.2) is 16.6 Å². The summed E-state index contributed by atoms with van der Waals surface area (Å²) in [5.41, 5.74) is 0. The minimum Gasteiger partial charge on any atom is -0.357 e. The van der Waals surface area contributed by atoms with Crippen LogP contribution in [0.4, 0.5) is 0 Å². The predicted octanol–water partition coefficient (Wildman–Crippen LogP) is 1.23. The Labute approximate surface area is 130 Å². The van der Waals surface area contributed by atoms with Crippen LogP contribution in [0.5, 0.6) is 0 Å². The van der Waals surface area contributed by atoms with Crippen LogP contribution in [0, 0.1) is 0 Å². The highest BCUT2D eigenvalue weighted by molar-refractivity contribution is 7.09. The summed E-state index contributed by atoms with van der Waals surface area (Å²) in [7, 11) is 5.45. The SMILES string of the molecule is CCNC(=NCC(=O)N(C)C)N(C)CC(C)c1nccs1. The number of nitrogens with zero attached hydrogens (tertiary/aromatic N) is 4. The summed E-state index contributed by atoms with van der Waals surface area (Å²) in [6, 6.07) is 0. The molecule has 118 valence electrons. The number of nitrogens with one attached hydrogen (secondary N) is 1. The predicted molar refractivity (Wildman–Crippen MR) is 87.8 cm³/mol. The number of aliphatic imine (C=N–C) groups is 1. The highest BCUT2D eigenvalue weighted by atomic mass is 32.1. The minimum absolute atomic E-state index is 0.00762. The molecule has 21 heavy (non-hydrogen) atoms. The van der Waals surface area contributed by atoms with Crippen molar-refractivity contribution < 1.29 is 4.79 Å². The van der Waals surface area contributed by atoms with Crippen LogP contribution in [0.3, 0.4) is 0 Å². The number of hydrogen-bond acceptors (Lipinski definition) is 4.